The Balaban J connectivity index is 1.71. The lowest BCUT2D eigenvalue weighted by Crippen LogP contribution is -2.60. The van der Waals surface area contributed by atoms with Gasteiger partial charge < -0.3 is 29.9 Å². The van der Waals surface area contributed by atoms with Crippen LogP contribution in [0.25, 0.3) is 0 Å². The van der Waals surface area contributed by atoms with E-state index < -0.39 is 37.3 Å². The van der Waals surface area contributed by atoms with Crippen LogP contribution >= 0.6 is 11.8 Å². The molecule has 26 heavy (non-hydrogen) atoms. The average molecular weight is 382 g/mol. The molecule has 1 aliphatic heterocycles. The second-order valence-corrected chi connectivity index (χ2v) is 6.94. The van der Waals surface area contributed by atoms with E-state index >= 15 is 0 Å². The normalized spacial score (nSPS) is 28.9. The third-order valence-corrected chi connectivity index (χ3v) is 5.06. The number of nitrogens with one attached hydrogen (secondary N) is 1. The lowest BCUT2D eigenvalue weighted by Gasteiger charge is -2.39. The molecule has 0 radical (unpaired) electrons. The summed E-state index contributed by atoms with van der Waals surface area (Å²) in [5.74, 6) is 0.295. The zero-order chi connectivity index (χ0) is 18.7. The van der Waals surface area contributed by atoms with Crippen molar-refractivity contribution in [2.45, 2.75) is 42.0 Å². The van der Waals surface area contributed by atoms with Crippen LogP contribution in [0.2, 0.25) is 0 Å². The number of thioether (sulfide) groups is 1. The minimum absolute atomic E-state index is 0.295. The molecule has 3 rings (SSSR count). The van der Waals surface area contributed by atoms with Gasteiger partial charge >= 0.3 is 0 Å². The lowest BCUT2D eigenvalue weighted by atomic mass is 9.99. The van der Waals surface area contributed by atoms with Gasteiger partial charge in [-0.2, -0.15) is 5.10 Å². The molecular weight excluding hydrogens is 360 g/mol. The van der Waals surface area contributed by atoms with Crippen LogP contribution in [0.15, 0.2) is 35.4 Å². The Morgan fingerprint density at radius 2 is 1.88 bits per heavy atom. The smallest absolute Gasteiger partial charge is 0.231 e. The number of aromatic amines is 1. The highest BCUT2D eigenvalue weighted by Crippen LogP contribution is 2.26. The van der Waals surface area contributed by atoms with E-state index in [0.29, 0.717) is 12.3 Å². The van der Waals surface area contributed by atoms with E-state index in [2.05, 4.69) is 10.2 Å². The maximum absolute atomic E-state index is 10.1. The quantitative estimate of drug-likeness (QED) is 0.438. The van der Waals surface area contributed by atoms with Gasteiger partial charge in [-0.15, -0.1) is 11.8 Å². The maximum Gasteiger partial charge on any atom is 0.231 e. The number of benzene rings is 1. The van der Waals surface area contributed by atoms with Crippen molar-refractivity contribution in [1.29, 1.82) is 0 Å². The highest BCUT2D eigenvalue weighted by Gasteiger charge is 2.45. The van der Waals surface area contributed by atoms with Gasteiger partial charge in [-0.1, -0.05) is 12.1 Å². The summed E-state index contributed by atoms with van der Waals surface area (Å²) in [6.07, 6.45) is -2.48. The highest BCUT2D eigenvalue weighted by atomic mass is 32.2. The molecule has 2 heterocycles. The first-order valence-electron chi connectivity index (χ1n) is 8.15. The minimum atomic E-state index is -1.49. The molecule has 0 unspecified atom stereocenters. The largest absolute Gasteiger partial charge is 0.445 e. The van der Waals surface area contributed by atoms with E-state index in [1.807, 2.05) is 30.5 Å². The predicted octanol–water partition coefficient (Wildman–Crippen LogP) is -0.0989. The summed E-state index contributed by atoms with van der Waals surface area (Å²) in [4.78, 5) is 1.17. The molecule has 1 saturated heterocycles. The topological polar surface area (TPSA) is 128 Å². The van der Waals surface area contributed by atoms with E-state index in [1.165, 1.54) is 4.90 Å². The Kier molecular flexibility index (Phi) is 6.17. The van der Waals surface area contributed by atoms with E-state index in [-0.39, 0.29) is 0 Å². The number of rotatable bonds is 6. The number of H-pyrrole nitrogens is 1. The number of ether oxygens (including phenoxy) is 2. The fourth-order valence-electron chi connectivity index (χ4n) is 2.77. The second-order valence-electron chi connectivity index (χ2n) is 6.06. The van der Waals surface area contributed by atoms with Crippen LogP contribution in [0.1, 0.15) is 11.1 Å². The van der Waals surface area contributed by atoms with Gasteiger partial charge in [0.05, 0.1) is 12.8 Å². The van der Waals surface area contributed by atoms with Crippen molar-refractivity contribution in [3.63, 3.8) is 0 Å². The number of aromatic nitrogens is 2. The van der Waals surface area contributed by atoms with Crippen molar-refractivity contribution in [3.05, 3.63) is 41.6 Å². The van der Waals surface area contributed by atoms with Crippen LogP contribution in [0.5, 0.6) is 5.88 Å². The second kappa shape index (κ2) is 8.38. The van der Waals surface area contributed by atoms with Crippen molar-refractivity contribution >= 4 is 11.8 Å². The molecule has 5 atom stereocenters. The van der Waals surface area contributed by atoms with Crippen LogP contribution in [0.4, 0.5) is 0 Å². The zero-order valence-electron chi connectivity index (χ0n) is 14.1. The summed E-state index contributed by atoms with van der Waals surface area (Å²) in [6.45, 7) is -0.511. The summed E-state index contributed by atoms with van der Waals surface area (Å²) in [5, 5.41) is 45.7. The molecule has 5 N–H and O–H groups in total. The Bertz CT molecular complexity index is 708. The first-order chi connectivity index (χ1) is 12.5. The van der Waals surface area contributed by atoms with Crippen LogP contribution in [0, 0.1) is 0 Å². The standard InChI is InChI=1S/C17H22N2O6S/c1-26-11-4-2-9(3-5-11)6-10-7-18-19-16(10)25-17-15(23)14(22)13(21)12(8-20)24-17/h2-5,7,12-15,17,20-23H,6,8H2,1H3,(H,18,19)/t12-,13-,14+,15-,17+/m1/s1. The molecule has 0 bridgehead atoms. The van der Waals surface area contributed by atoms with Crippen LogP contribution in [0.3, 0.4) is 0 Å². The number of aliphatic hydroxyl groups excluding tert-OH is 4. The van der Waals surface area contributed by atoms with Gasteiger partial charge in [-0.25, -0.2) is 5.10 Å². The van der Waals surface area contributed by atoms with Crippen molar-refractivity contribution < 1.29 is 29.9 Å². The van der Waals surface area contributed by atoms with E-state index in [9.17, 15) is 20.4 Å². The first kappa shape index (κ1) is 19.2. The Labute approximate surface area is 154 Å². The van der Waals surface area contributed by atoms with Crippen molar-refractivity contribution in [1.82, 2.24) is 10.2 Å². The number of hydrogen-bond donors (Lipinski definition) is 5. The van der Waals surface area contributed by atoms with Gasteiger partial charge in [0.1, 0.15) is 24.4 Å². The molecular formula is C17H22N2O6S. The molecule has 142 valence electrons. The molecule has 1 aromatic carbocycles. The van der Waals surface area contributed by atoms with Crippen molar-refractivity contribution in [3.8, 4) is 5.88 Å². The molecule has 2 aromatic rings. The predicted molar refractivity (Wildman–Crippen MR) is 94.0 cm³/mol. The van der Waals surface area contributed by atoms with Crippen LogP contribution < -0.4 is 4.74 Å². The summed E-state index contributed by atoms with van der Waals surface area (Å²) >= 11 is 1.66. The Morgan fingerprint density at radius 3 is 2.54 bits per heavy atom. The van der Waals surface area contributed by atoms with Gasteiger partial charge in [-0.05, 0) is 24.0 Å². The van der Waals surface area contributed by atoms with Crippen molar-refractivity contribution in [2.24, 2.45) is 0 Å². The van der Waals surface area contributed by atoms with Gasteiger partial charge in [0, 0.05) is 16.9 Å². The fraction of sp³-hybridized carbons (Fsp3) is 0.471. The van der Waals surface area contributed by atoms with Crippen molar-refractivity contribution in [2.75, 3.05) is 12.9 Å². The van der Waals surface area contributed by atoms with Gasteiger partial charge in [0.25, 0.3) is 0 Å². The van der Waals surface area contributed by atoms with E-state index in [4.69, 9.17) is 9.47 Å². The third kappa shape index (κ3) is 4.03. The minimum Gasteiger partial charge on any atom is -0.445 e. The molecule has 0 aliphatic carbocycles. The summed E-state index contributed by atoms with van der Waals surface area (Å²) in [5.41, 5.74) is 1.81. The molecule has 0 amide bonds. The molecule has 9 heteroatoms. The van der Waals surface area contributed by atoms with Gasteiger partial charge in [-0.3, -0.25) is 0 Å². The average Bonchev–Trinajstić information content (AvgIpc) is 3.09. The summed E-state index contributed by atoms with van der Waals surface area (Å²) in [6, 6.07) is 8.07. The Hall–Kier alpha value is -1.62. The van der Waals surface area contributed by atoms with Gasteiger partial charge in [0.2, 0.25) is 12.2 Å². The molecule has 8 nitrogen and oxygen atoms in total. The number of aliphatic hydroxyl groups is 4. The monoisotopic (exact) mass is 382 g/mol. The van der Waals surface area contributed by atoms with Crippen LogP contribution in [-0.2, 0) is 11.2 Å². The Morgan fingerprint density at radius 1 is 1.15 bits per heavy atom. The highest BCUT2D eigenvalue weighted by molar-refractivity contribution is 7.98. The molecule has 0 spiro atoms. The third-order valence-electron chi connectivity index (χ3n) is 4.31. The van der Waals surface area contributed by atoms with Gasteiger partial charge in [0.15, 0.2) is 0 Å². The number of nitrogens with zero attached hydrogens (tertiary/aromatic N) is 1. The fourth-order valence-corrected chi connectivity index (χ4v) is 3.18. The van der Waals surface area contributed by atoms with Crippen LogP contribution in [-0.4, -0.2) is 74.2 Å². The lowest BCUT2D eigenvalue weighted by molar-refractivity contribution is -0.278. The van der Waals surface area contributed by atoms with E-state index in [0.717, 1.165) is 11.1 Å². The maximum atomic E-state index is 10.1. The molecule has 0 saturated carbocycles. The SMILES string of the molecule is CSc1ccc(Cc2cn[nH]c2O[C@@H]2O[C@H](CO)[C@@H](O)[C@H](O)[C@H]2O)cc1. The summed E-state index contributed by atoms with van der Waals surface area (Å²) < 4.78 is 11.0. The van der Waals surface area contributed by atoms with E-state index in [1.54, 1.807) is 18.0 Å². The molecule has 1 aliphatic rings. The molecule has 1 fully saturated rings. The molecule has 1 aromatic heterocycles. The zero-order valence-corrected chi connectivity index (χ0v) is 15.0. The number of hydrogen-bond acceptors (Lipinski definition) is 8. The summed E-state index contributed by atoms with van der Waals surface area (Å²) in [7, 11) is 0. The first-order valence-corrected chi connectivity index (χ1v) is 9.38.